The number of hydrogen-bond acceptors (Lipinski definition) is 3. The fourth-order valence-electron chi connectivity index (χ4n) is 4.69. The van der Waals surface area contributed by atoms with Gasteiger partial charge in [-0.25, -0.2) is 9.18 Å². The molecule has 1 aliphatic heterocycles. The van der Waals surface area contributed by atoms with Gasteiger partial charge in [-0.1, -0.05) is 38.7 Å². The van der Waals surface area contributed by atoms with Crippen LogP contribution in [0.15, 0.2) is 18.2 Å². The van der Waals surface area contributed by atoms with Crippen molar-refractivity contribution in [1.82, 2.24) is 5.32 Å². The fraction of sp³-hybridized carbons (Fsp3) is 0.696. The van der Waals surface area contributed by atoms with Crippen molar-refractivity contribution in [2.75, 3.05) is 0 Å². The normalized spacial score (nSPS) is 31.5. The largest absolute Gasteiger partial charge is 0.459 e. The van der Waals surface area contributed by atoms with E-state index in [1.54, 1.807) is 6.07 Å². The topological polar surface area (TPSA) is 38.3 Å². The van der Waals surface area contributed by atoms with Gasteiger partial charge in [0.1, 0.15) is 11.9 Å². The second-order valence-corrected chi connectivity index (χ2v) is 8.95. The van der Waals surface area contributed by atoms with Gasteiger partial charge >= 0.3 is 5.97 Å². The Morgan fingerprint density at radius 1 is 1.11 bits per heavy atom. The minimum atomic E-state index is -0.536. The van der Waals surface area contributed by atoms with Crippen LogP contribution < -0.4 is 5.32 Å². The summed E-state index contributed by atoms with van der Waals surface area (Å²) in [6.45, 7) is 6.49. The number of ether oxygens (including phenoxy) is 1. The van der Waals surface area contributed by atoms with Gasteiger partial charge in [0.25, 0.3) is 0 Å². The van der Waals surface area contributed by atoms with Crippen LogP contribution in [0.2, 0.25) is 0 Å². The Balaban J connectivity index is 1.53. The van der Waals surface area contributed by atoms with Crippen molar-refractivity contribution in [1.29, 1.82) is 0 Å². The molecule has 27 heavy (non-hydrogen) atoms. The molecular weight excluding hydrogens is 341 g/mol. The molecule has 1 heterocycles. The summed E-state index contributed by atoms with van der Waals surface area (Å²) in [6, 6.07) is 5.63. The number of aryl methyl sites for hydroxylation is 1. The molecule has 2 fully saturated rings. The molecule has 2 unspecified atom stereocenters. The lowest BCUT2D eigenvalue weighted by Crippen LogP contribution is -2.45. The summed E-state index contributed by atoms with van der Waals surface area (Å²) in [7, 11) is 0. The molecule has 1 N–H and O–H groups in total. The highest BCUT2D eigenvalue weighted by Crippen LogP contribution is 2.31. The van der Waals surface area contributed by atoms with Crippen LogP contribution in [0.4, 0.5) is 4.39 Å². The van der Waals surface area contributed by atoms with Crippen LogP contribution in [0, 0.1) is 17.7 Å². The highest BCUT2D eigenvalue weighted by Gasteiger charge is 2.27. The van der Waals surface area contributed by atoms with Crippen LogP contribution in [-0.4, -0.2) is 24.2 Å². The molecule has 1 aromatic rings. The SMILES string of the molecule is CC1CCC(CCc2ccc(C(=O)OC3CC(C)NC(C)C3)c(F)c2)CC1. The number of carbonyl (C=O) groups excluding carboxylic acids is 1. The van der Waals surface area contributed by atoms with Gasteiger partial charge in [0.05, 0.1) is 5.56 Å². The molecule has 1 aromatic carbocycles. The zero-order chi connectivity index (χ0) is 19.4. The highest BCUT2D eigenvalue weighted by atomic mass is 19.1. The van der Waals surface area contributed by atoms with E-state index in [0.29, 0.717) is 12.1 Å². The van der Waals surface area contributed by atoms with E-state index in [1.807, 2.05) is 6.07 Å². The average molecular weight is 376 g/mol. The molecule has 1 saturated heterocycles. The molecule has 0 spiro atoms. The molecule has 2 aliphatic rings. The summed E-state index contributed by atoms with van der Waals surface area (Å²) >= 11 is 0. The molecule has 0 aromatic heterocycles. The summed E-state index contributed by atoms with van der Waals surface area (Å²) in [5.41, 5.74) is 1.04. The van der Waals surface area contributed by atoms with E-state index in [2.05, 4.69) is 26.1 Å². The van der Waals surface area contributed by atoms with Crippen LogP contribution in [0.3, 0.4) is 0 Å². The van der Waals surface area contributed by atoms with Crippen LogP contribution in [0.1, 0.15) is 81.6 Å². The summed E-state index contributed by atoms with van der Waals surface area (Å²) in [5, 5.41) is 3.42. The van der Waals surface area contributed by atoms with Gasteiger partial charge in [0.2, 0.25) is 0 Å². The molecule has 3 rings (SSSR count). The van der Waals surface area contributed by atoms with E-state index in [-0.39, 0.29) is 11.7 Å². The summed E-state index contributed by atoms with van der Waals surface area (Å²) < 4.78 is 20.1. The molecule has 0 amide bonds. The number of hydrogen-bond donors (Lipinski definition) is 1. The molecule has 4 heteroatoms. The van der Waals surface area contributed by atoms with Gasteiger partial charge < -0.3 is 10.1 Å². The molecular formula is C23H34FNO2. The van der Waals surface area contributed by atoms with Gasteiger partial charge in [0.15, 0.2) is 0 Å². The zero-order valence-electron chi connectivity index (χ0n) is 17.0. The molecule has 1 aliphatic carbocycles. The van der Waals surface area contributed by atoms with Crippen molar-refractivity contribution in [3.8, 4) is 0 Å². The van der Waals surface area contributed by atoms with Gasteiger partial charge in [-0.05, 0) is 69.1 Å². The quantitative estimate of drug-likeness (QED) is 0.713. The molecule has 150 valence electrons. The first kappa shape index (κ1) is 20.3. The number of benzene rings is 1. The number of esters is 1. The second-order valence-electron chi connectivity index (χ2n) is 8.95. The Kier molecular flexibility index (Phi) is 6.91. The average Bonchev–Trinajstić information content (AvgIpc) is 2.60. The van der Waals surface area contributed by atoms with Crippen molar-refractivity contribution < 1.29 is 13.9 Å². The number of nitrogens with one attached hydrogen (secondary N) is 1. The van der Waals surface area contributed by atoms with E-state index < -0.39 is 11.8 Å². The van der Waals surface area contributed by atoms with Crippen molar-refractivity contribution in [2.45, 2.75) is 90.3 Å². The van der Waals surface area contributed by atoms with Crippen LogP contribution in [-0.2, 0) is 11.2 Å². The standard InChI is InChI=1S/C23H34FNO2/c1-15-4-6-18(7-5-15)8-9-19-10-11-21(22(24)14-19)23(26)27-20-12-16(2)25-17(3)13-20/h10-11,14-18,20,25H,4-9,12-13H2,1-3H3. The lowest BCUT2D eigenvalue weighted by atomic mass is 9.80. The number of carbonyl (C=O) groups is 1. The molecule has 0 bridgehead atoms. The minimum absolute atomic E-state index is 0.0593. The first-order chi connectivity index (χ1) is 12.9. The van der Waals surface area contributed by atoms with Crippen molar-refractivity contribution in [3.63, 3.8) is 0 Å². The summed E-state index contributed by atoms with van der Waals surface area (Å²) in [6.07, 6.45) is 8.62. The van der Waals surface area contributed by atoms with Crippen LogP contribution >= 0.6 is 0 Å². The zero-order valence-corrected chi connectivity index (χ0v) is 17.0. The Morgan fingerprint density at radius 2 is 1.78 bits per heavy atom. The van der Waals surface area contributed by atoms with Crippen LogP contribution in [0.5, 0.6) is 0 Å². The fourth-order valence-corrected chi connectivity index (χ4v) is 4.69. The highest BCUT2D eigenvalue weighted by molar-refractivity contribution is 5.89. The van der Waals surface area contributed by atoms with E-state index >= 15 is 0 Å². The Labute approximate surface area is 163 Å². The van der Waals surface area contributed by atoms with Crippen LogP contribution in [0.25, 0.3) is 0 Å². The predicted molar refractivity (Wildman–Crippen MR) is 106 cm³/mol. The van der Waals surface area contributed by atoms with Gasteiger partial charge in [-0.3, -0.25) is 0 Å². The lowest BCUT2D eigenvalue weighted by Gasteiger charge is -2.32. The third kappa shape index (κ3) is 5.78. The summed E-state index contributed by atoms with van der Waals surface area (Å²) in [4.78, 5) is 12.4. The third-order valence-corrected chi connectivity index (χ3v) is 6.31. The molecule has 1 saturated carbocycles. The predicted octanol–water partition coefficient (Wildman–Crippen LogP) is 5.27. The van der Waals surface area contributed by atoms with Crippen molar-refractivity contribution in [3.05, 3.63) is 35.1 Å². The first-order valence-corrected chi connectivity index (χ1v) is 10.7. The van der Waals surface area contributed by atoms with Gasteiger partial charge in [-0.2, -0.15) is 0 Å². The summed E-state index contributed by atoms with van der Waals surface area (Å²) in [5.74, 6) is 0.629. The third-order valence-electron chi connectivity index (χ3n) is 6.31. The number of halogens is 1. The first-order valence-electron chi connectivity index (χ1n) is 10.7. The maximum Gasteiger partial charge on any atom is 0.341 e. The lowest BCUT2D eigenvalue weighted by molar-refractivity contribution is 0.0143. The molecule has 2 atom stereocenters. The maximum atomic E-state index is 14.5. The Hall–Kier alpha value is -1.42. The molecule has 0 radical (unpaired) electrons. The maximum absolute atomic E-state index is 14.5. The number of piperidine rings is 1. The monoisotopic (exact) mass is 375 g/mol. The second kappa shape index (κ2) is 9.18. The van der Waals surface area contributed by atoms with E-state index in [1.165, 1.54) is 31.7 Å². The Bertz CT molecular complexity index is 629. The van der Waals surface area contributed by atoms with Gasteiger partial charge in [-0.15, -0.1) is 0 Å². The van der Waals surface area contributed by atoms with Gasteiger partial charge in [0, 0.05) is 12.1 Å². The van der Waals surface area contributed by atoms with E-state index in [4.69, 9.17) is 4.74 Å². The van der Waals surface area contributed by atoms with E-state index in [9.17, 15) is 9.18 Å². The smallest absolute Gasteiger partial charge is 0.341 e. The van der Waals surface area contributed by atoms with Crippen molar-refractivity contribution >= 4 is 5.97 Å². The van der Waals surface area contributed by atoms with E-state index in [0.717, 1.165) is 43.1 Å². The van der Waals surface area contributed by atoms with Crippen molar-refractivity contribution in [2.24, 2.45) is 11.8 Å². The molecule has 3 nitrogen and oxygen atoms in total. The minimum Gasteiger partial charge on any atom is -0.459 e. The Morgan fingerprint density at radius 3 is 2.41 bits per heavy atom. The number of rotatable bonds is 5.